The molecule has 0 aromatic heterocycles. The molecule has 0 bridgehead atoms. The maximum atomic E-state index is 3.66. The van der Waals surface area contributed by atoms with Gasteiger partial charge in [0.15, 0.2) is 0 Å². The largest absolute Gasteiger partial charge is 0.309 e. The molecular formula is C18H21N. The Labute approximate surface area is 115 Å². The minimum Gasteiger partial charge on any atom is -0.309 e. The van der Waals surface area contributed by atoms with Crippen molar-refractivity contribution in [2.24, 2.45) is 0 Å². The molecule has 1 aliphatic rings. The van der Waals surface area contributed by atoms with Crippen molar-refractivity contribution < 1.29 is 0 Å². The third-order valence-corrected chi connectivity index (χ3v) is 3.94. The fourth-order valence-corrected chi connectivity index (χ4v) is 3.20. The zero-order valence-corrected chi connectivity index (χ0v) is 11.7. The van der Waals surface area contributed by atoms with Crippen molar-refractivity contribution in [3.05, 3.63) is 70.3 Å². The highest BCUT2D eigenvalue weighted by Crippen LogP contribution is 2.26. The number of aryl methyl sites for hydroxylation is 2. The van der Waals surface area contributed by atoms with Crippen LogP contribution < -0.4 is 5.32 Å². The number of fused-ring (bicyclic) bond motifs is 1. The smallest absolute Gasteiger partial charge is 0.0363 e. The Hall–Kier alpha value is -1.60. The topological polar surface area (TPSA) is 12.0 Å². The van der Waals surface area contributed by atoms with E-state index in [1.807, 2.05) is 0 Å². The van der Waals surface area contributed by atoms with Crippen molar-refractivity contribution in [2.45, 2.75) is 32.7 Å². The number of hydrogen-bond acceptors (Lipinski definition) is 1. The van der Waals surface area contributed by atoms with E-state index in [1.165, 1.54) is 27.8 Å². The first-order chi connectivity index (χ1) is 9.22. The van der Waals surface area contributed by atoms with E-state index >= 15 is 0 Å². The lowest BCUT2D eigenvalue weighted by Gasteiger charge is -2.27. The fourth-order valence-electron chi connectivity index (χ4n) is 3.20. The Morgan fingerprint density at radius 2 is 1.79 bits per heavy atom. The van der Waals surface area contributed by atoms with Crippen LogP contribution in [0.15, 0.2) is 42.5 Å². The predicted octanol–water partition coefficient (Wildman–Crippen LogP) is 3.73. The molecule has 2 aromatic rings. The highest BCUT2D eigenvalue weighted by Gasteiger charge is 2.19. The van der Waals surface area contributed by atoms with Gasteiger partial charge in [-0.2, -0.15) is 0 Å². The van der Waals surface area contributed by atoms with Gasteiger partial charge in [-0.3, -0.25) is 0 Å². The molecule has 1 aliphatic heterocycles. The van der Waals surface area contributed by atoms with E-state index in [2.05, 4.69) is 61.6 Å². The van der Waals surface area contributed by atoms with Crippen molar-refractivity contribution >= 4 is 0 Å². The second-order valence-corrected chi connectivity index (χ2v) is 5.66. The summed E-state index contributed by atoms with van der Waals surface area (Å²) in [5.74, 6) is 0. The van der Waals surface area contributed by atoms with E-state index in [0.29, 0.717) is 6.04 Å². The minimum atomic E-state index is 0.464. The van der Waals surface area contributed by atoms with Gasteiger partial charge in [0.1, 0.15) is 0 Å². The third-order valence-electron chi connectivity index (χ3n) is 3.94. The average Bonchev–Trinajstić information content (AvgIpc) is 2.38. The van der Waals surface area contributed by atoms with Crippen molar-refractivity contribution in [3.8, 4) is 0 Å². The van der Waals surface area contributed by atoms with Gasteiger partial charge in [0.2, 0.25) is 0 Å². The fraction of sp³-hybridized carbons (Fsp3) is 0.333. The Morgan fingerprint density at radius 1 is 1.05 bits per heavy atom. The van der Waals surface area contributed by atoms with Gasteiger partial charge < -0.3 is 5.32 Å². The van der Waals surface area contributed by atoms with Crippen molar-refractivity contribution in [2.75, 3.05) is 6.54 Å². The monoisotopic (exact) mass is 251 g/mol. The molecule has 1 heterocycles. The van der Waals surface area contributed by atoms with Crippen LogP contribution in [-0.4, -0.2) is 6.54 Å². The molecule has 0 spiro atoms. The molecule has 1 nitrogen and oxygen atoms in total. The summed E-state index contributed by atoms with van der Waals surface area (Å²) in [6.07, 6.45) is 2.24. The van der Waals surface area contributed by atoms with Gasteiger partial charge in [-0.25, -0.2) is 0 Å². The lowest BCUT2D eigenvalue weighted by molar-refractivity contribution is 0.502. The van der Waals surface area contributed by atoms with Gasteiger partial charge in [0, 0.05) is 6.04 Å². The van der Waals surface area contributed by atoms with Gasteiger partial charge in [-0.1, -0.05) is 53.6 Å². The molecule has 1 N–H and O–H groups in total. The number of hydrogen-bond donors (Lipinski definition) is 1. The van der Waals surface area contributed by atoms with E-state index < -0.39 is 0 Å². The Morgan fingerprint density at radius 3 is 2.58 bits per heavy atom. The Balaban J connectivity index is 1.88. The highest BCUT2D eigenvalue weighted by atomic mass is 14.9. The highest BCUT2D eigenvalue weighted by molar-refractivity contribution is 5.35. The van der Waals surface area contributed by atoms with Crippen LogP contribution in [-0.2, 0) is 12.8 Å². The number of rotatable bonds is 2. The second-order valence-electron chi connectivity index (χ2n) is 5.66. The van der Waals surface area contributed by atoms with Crippen LogP contribution in [0.3, 0.4) is 0 Å². The molecule has 19 heavy (non-hydrogen) atoms. The van der Waals surface area contributed by atoms with Gasteiger partial charge >= 0.3 is 0 Å². The summed E-state index contributed by atoms with van der Waals surface area (Å²) in [5.41, 5.74) is 7.15. The van der Waals surface area contributed by atoms with Crippen LogP contribution in [0.5, 0.6) is 0 Å². The summed E-state index contributed by atoms with van der Waals surface area (Å²) >= 11 is 0. The van der Waals surface area contributed by atoms with Crippen molar-refractivity contribution in [3.63, 3.8) is 0 Å². The molecular weight excluding hydrogens is 230 g/mol. The van der Waals surface area contributed by atoms with Gasteiger partial charge in [0.25, 0.3) is 0 Å². The minimum absolute atomic E-state index is 0.464. The predicted molar refractivity (Wildman–Crippen MR) is 80.5 cm³/mol. The molecule has 2 aromatic carbocycles. The van der Waals surface area contributed by atoms with Crippen LogP contribution in [0, 0.1) is 13.8 Å². The molecule has 0 fully saturated rings. The number of nitrogens with one attached hydrogen (secondary N) is 1. The molecule has 98 valence electrons. The average molecular weight is 251 g/mol. The first-order valence-corrected chi connectivity index (χ1v) is 7.11. The lowest BCUT2D eigenvalue weighted by atomic mass is 9.90. The summed E-state index contributed by atoms with van der Waals surface area (Å²) in [6.45, 7) is 5.45. The molecule has 0 aliphatic carbocycles. The van der Waals surface area contributed by atoms with Gasteiger partial charge in [-0.15, -0.1) is 0 Å². The standard InChI is InChI=1S/C18H21N/c1-13-9-14(2)11-15(10-13)12-18-17-6-4-3-5-16(17)7-8-19-18/h3-6,9-11,18-19H,7-8,12H2,1-2H3. The molecule has 0 saturated carbocycles. The van der Waals surface area contributed by atoms with Crippen LogP contribution in [0.1, 0.15) is 33.9 Å². The maximum Gasteiger partial charge on any atom is 0.0363 e. The zero-order chi connectivity index (χ0) is 13.2. The molecule has 1 atom stereocenters. The van der Waals surface area contributed by atoms with E-state index in [0.717, 1.165) is 19.4 Å². The molecule has 1 heteroatoms. The second kappa shape index (κ2) is 5.18. The molecule has 1 unspecified atom stereocenters. The normalized spacial score (nSPS) is 18.1. The SMILES string of the molecule is Cc1cc(C)cc(CC2NCCc3ccccc32)c1. The Bertz CT molecular complexity index is 566. The van der Waals surface area contributed by atoms with Crippen LogP contribution in [0.2, 0.25) is 0 Å². The summed E-state index contributed by atoms with van der Waals surface area (Å²) in [5, 5.41) is 3.66. The van der Waals surface area contributed by atoms with Crippen LogP contribution in [0.25, 0.3) is 0 Å². The summed E-state index contributed by atoms with van der Waals surface area (Å²) in [7, 11) is 0. The summed E-state index contributed by atoms with van der Waals surface area (Å²) in [6, 6.07) is 16.2. The molecule has 3 rings (SSSR count). The van der Waals surface area contributed by atoms with E-state index in [4.69, 9.17) is 0 Å². The maximum absolute atomic E-state index is 3.66. The summed E-state index contributed by atoms with van der Waals surface area (Å²) < 4.78 is 0. The van der Waals surface area contributed by atoms with Crippen LogP contribution >= 0.6 is 0 Å². The first kappa shape index (κ1) is 12.4. The van der Waals surface area contributed by atoms with E-state index in [9.17, 15) is 0 Å². The van der Waals surface area contributed by atoms with Crippen molar-refractivity contribution in [1.82, 2.24) is 5.32 Å². The molecule has 0 amide bonds. The van der Waals surface area contributed by atoms with E-state index in [1.54, 1.807) is 0 Å². The van der Waals surface area contributed by atoms with Crippen LogP contribution in [0.4, 0.5) is 0 Å². The Kier molecular flexibility index (Phi) is 3.39. The quantitative estimate of drug-likeness (QED) is 0.857. The molecule has 0 radical (unpaired) electrons. The lowest BCUT2D eigenvalue weighted by Crippen LogP contribution is -2.31. The first-order valence-electron chi connectivity index (χ1n) is 7.11. The zero-order valence-electron chi connectivity index (χ0n) is 11.7. The van der Waals surface area contributed by atoms with Gasteiger partial charge in [0.05, 0.1) is 0 Å². The van der Waals surface area contributed by atoms with Gasteiger partial charge in [-0.05, 0) is 49.9 Å². The van der Waals surface area contributed by atoms with Crippen molar-refractivity contribution in [1.29, 1.82) is 0 Å². The third kappa shape index (κ3) is 2.71. The number of benzene rings is 2. The molecule has 0 saturated heterocycles. The van der Waals surface area contributed by atoms with E-state index in [-0.39, 0.29) is 0 Å². The summed E-state index contributed by atoms with van der Waals surface area (Å²) in [4.78, 5) is 0.